The third-order valence-corrected chi connectivity index (χ3v) is 3.20. The predicted octanol–water partition coefficient (Wildman–Crippen LogP) is 3.03. The van der Waals surface area contributed by atoms with Crippen LogP contribution in [-0.4, -0.2) is 11.9 Å². The van der Waals surface area contributed by atoms with Gasteiger partial charge in [-0.3, -0.25) is 4.79 Å². The first-order valence-electron chi connectivity index (χ1n) is 6.34. The number of carbonyl (C=O) groups is 1. The molecular formula is C14H21ClN2O. The minimum absolute atomic E-state index is 0.0247. The van der Waals surface area contributed by atoms with E-state index in [1.54, 1.807) is 0 Å². The zero-order valence-corrected chi connectivity index (χ0v) is 11.7. The van der Waals surface area contributed by atoms with E-state index in [4.69, 9.17) is 17.3 Å². The van der Waals surface area contributed by atoms with E-state index in [1.165, 1.54) is 0 Å². The molecule has 1 aromatic carbocycles. The number of halogens is 1. The lowest BCUT2D eigenvalue weighted by atomic mass is 10.1. The van der Waals surface area contributed by atoms with Gasteiger partial charge in [0.2, 0.25) is 5.91 Å². The minimum Gasteiger partial charge on any atom is -0.349 e. The van der Waals surface area contributed by atoms with Crippen LogP contribution in [0.1, 0.15) is 44.7 Å². The first-order valence-corrected chi connectivity index (χ1v) is 6.71. The van der Waals surface area contributed by atoms with Gasteiger partial charge in [-0.2, -0.15) is 0 Å². The SMILES string of the molecule is CCCC(N)CC(=O)N[C@@H](C)c1ccccc1Cl. The summed E-state index contributed by atoms with van der Waals surface area (Å²) in [4.78, 5) is 11.8. The van der Waals surface area contributed by atoms with Crippen molar-refractivity contribution in [2.24, 2.45) is 5.73 Å². The summed E-state index contributed by atoms with van der Waals surface area (Å²) >= 11 is 6.08. The number of carbonyl (C=O) groups excluding carboxylic acids is 1. The molecule has 2 atom stereocenters. The standard InChI is InChI=1S/C14H21ClN2O/c1-3-6-11(16)9-14(18)17-10(2)12-7-4-5-8-13(12)15/h4-5,7-8,10-11H,3,6,9,16H2,1-2H3,(H,17,18)/t10-,11?/m0/s1. The Morgan fingerprint density at radius 1 is 1.44 bits per heavy atom. The van der Waals surface area contributed by atoms with Crippen molar-refractivity contribution in [3.05, 3.63) is 34.9 Å². The van der Waals surface area contributed by atoms with E-state index >= 15 is 0 Å². The molecule has 3 nitrogen and oxygen atoms in total. The molecule has 0 saturated carbocycles. The van der Waals surface area contributed by atoms with Gasteiger partial charge >= 0.3 is 0 Å². The molecule has 1 amide bonds. The van der Waals surface area contributed by atoms with Crippen LogP contribution in [0, 0.1) is 0 Å². The average Bonchev–Trinajstić information content (AvgIpc) is 2.29. The lowest BCUT2D eigenvalue weighted by Gasteiger charge is -2.17. The Hall–Kier alpha value is -1.06. The summed E-state index contributed by atoms with van der Waals surface area (Å²) in [7, 11) is 0. The number of nitrogens with one attached hydrogen (secondary N) is 1. The van der Waals surface area contributed by atoms with Crippen LogP contribution in [0.3, 0.4) is 0 Å². The topological polar surface area (TPSA) is 55.1 Å². The second kappa shape index (κ2) is 7.39. The highest BCUT2D eigenvalue weighted by Crippen LogP contribution is 2.22. The smallest absolute Gasteiger partial charge is 0.222 e. The monoisotopic (exact) mass is 268 g/mol. The van der Waals surface area contributed by atoms with Gasteiger partial charge in [0.1, 0.15) is 0 Å². The summed E-state index contributed by atoms with van der Waals surface area (Å²) < 4.78 is 0. The van der Waals surface area contributed by atoms with E-state index in [2.05, 4.69) is 12.2 Å². The van der Waals surface area contributed by atoms with Crippen LogP contribution in [0.2, 0.25) is 5.02 Å². The van der Waals surface area contributed by atoms with Crippen molar-refractivity contribution in [2.45, 2.75) is 45.2 Å². The van der Waals surface area contributed by atoms with Crippen molar-refractivity contribution in [3.63, 3.8) is 0 Å². The molecule has 0 radical (unpaired) electrons. The number of hydrogen-bond acceptors (Lipinski definition) is 2. The molecule has 1 unspecified atom stereocenters. The summed E-state index contributed by atoms with van der Waals surface area (Å²) in [5, 5.41) is 3.59. The zero-order chi connectivity index (χ0) is 13.5. The van der Waals surface area contributed by atoms with E-state index < -0.39 is 0 Å². The van der Waals surface area contributed by atoms with Crippen molar-refractivity contribution >= 4 is 17.5 Å². The maximum Gasteiger partial charge on any atom is 0.222 e. The lowest BCUT2D eigenvalue weighted by molar-refractivity contribution is -0.122. The molecular weight excluding hydrogens is 248 g/mol. The molecule has 100 valence electrons. The van der Waals surface area contributed by atoms with Crippen molar-refractivity contribution in [1.29, 1.82) is 0 Å². The van der Waals surface area contributed by atoms with E-state index in [-0.39, 0.29) is 18.0 Å². The number of hydrogen-bond donors (Lipinski definition) is 2. The zero-order valence-electron chi connectivity index (χ0n) is 10.9. The van der Waals surface area contributed by atoms with E-state index in [0.717, 1.165) is 18.4 Å². The Labute approximate surface area is 114 Å². The highest BCUT2D eigenvalue weighted by molar-refractivity contribution is 6.31. The molecule has 0 aromatic heterocycles. The Bertz CT molecular complexity index is 395. The second-order valence-electron chi connectivity index (χ2n) is 4.56. The number of benzene rings is 1. The molecule has 0 aliphatic rings. The van der Waals surface area contributed by atoms with Gasteiger partial charge < -0.3 is 11.1 Å². The number of amides is 1. The van der Waals surface area contributed by atoms with Crippen molar-refractivity contribution in [1.82, 2.24) is 5.32 Å². The van der Waals surface area contributed by atoms with Gasteiger partial charge in [0.15, 0.2) is 0 Å². The minimum atomic E-state index is -0.0972. The molecule has 4 heteroatoms. The largest absolute Gasteiger partial charge is 0.349 e. The maximum absolute atomic E-state index is 11.8. The first-order chi connectivity index (χ1) is 8.54. The summed E-state index contributed by atoms with van der Waals surface area (Å²) in [6.07, 6.45) is 2.23. The maximum atomic E-state index is 11.8. The Morgan fingerprint density at radius 3 is 2.72 bits per heavy atom. The summed E-state index contributed by atoms with van der Waals surface area (Å²) in [6, 6.07) is 7.36. The highest BCUT2D eigenvalue weighted by Gasteiger charge is 2.14. The first kappa shape index (κ1) is 15.0. The van der Waals surface area contributed by atoms with Crippen molar-refractivity contribution in [2.75, 3.05) is 0 Å². The van der Waals surface area contributed by atoms with Gasteiger partial charge in [-0.15, -0.1) is 0 Å². The van der Waals surface area contributed by atoms with Crippen molar-refractivity contribution < 1.29 is 4.79 Å². The lowest BCUT2D eigenvalue weighted by Crippen LogP contribution is -2.33. The number of rotatable bonds is 6. The fourth-order valence-electron chi connectivity index (χ4n) is 1.92. The van der Waals surface area contributed by atoms with Gasteiger partial charge in [0.05, 0.1) is 6.04 Å². The van der Waals surface area contributed by atoms with Gasteiger partial charge in [-0.1, -0.05) is 43.1 Å². The van der Waals surface area contributed by atoms with Gasteiger partial charge in [0.25, 0.3) is 0 Å². The quantitative estimate of drug-likeness (QED) is 0.833. The summed E-state index contributed by atoms with van der Waals surface area (Å²) in [5.74, 6) is -0.0247. The number of nitrogens with two attached hydrogens (primary N) is 1. The Kier molecular flexibility index (Phi) is 6.16. The molecule has 0 aliphatic heterocycles. The molecule has 0 fully saturated rings. The highest BCUT2D eigenvalue weighted by atomic mass is 35.5. The van der Waals surface area contributed by atoms with Gasteiger partial charge in [-0.25, -0.2) is 0 Å². The molecule has 0 bridgehead atoms. The second-order valence-corrected chi connectivity index (χ2v) is 4.97. The average molecular weight is 269 g/mol. The molecule has 3 N–H and O–H groups in total. The third kappa shape index (κ3) is 4.67. The molecule has 0 spiro atoms. The van der Waals surface area contributed by atoms with Crippen LogP contribution >= 0.6 is 11.6 Å². The van der Waals surface area contributed by atoms with E-state index in [1.807, 2.05) is 31.2 Å². The van der Waals surface area contributed by atoms with Crippen LogP contribution in [0.4, 0.5) is 0 Å². The fourth-order valence-corrected chi connectivity index (χ4v) is 2.21. The fraction of sp³-hybridized carbons (Fsp3) is 0.500. The molecule has 0 heterocycles. The van der Waals surface area contributed by atoms with E-state index in [0.29, 0.717) is 11.4 Å². The Balaban J connectivity index is 2.52. The third-order valence-electron chi connectivity index (χ3n) is 2.86. The van der Waals surface area contributed by atoms with Crippen molar-refractivity contribution in [3.8, 4) is 0 Å². The molecule has 0 saturated heterocycles. The normalized spacial score (nSPS) is 14.0. The van der Waals surface area contributed by atoms with Crippen LogP contribution in [0.5, 0.6) is 0 Å². The molecule has 18 heavy (non-hydrogen) atoms. The van der Waals surface area contributed by atoms with Crippen LogP contribution < -0.4 is 11.1 Å². The molecule has 1 aromatic rings. The van der Waals surface area contributed by atoms with Gasteiger partial charge in [0, 0.05) is 17.5 Å². The predicted molar refractivity (Wildman–Crippen MR) is 75.5 cm³/mol. The van der Waals surface area contributed by atoms with Gasteiger partial charge in [-0.05, 0) is 25.0 Å². The summed E-state index contributed by atoms with van der Waals surface area (Å²) in [5.41, 5.74) is 6.77. The van der Waals surface area contributed by atoms with E-state index in [9.17, 15) is 4.79 Å². The summed E-state index contributed by atoms with van der Waals surface area (Å²) in [6.45, 7) is 3.98. The van der Waals surface area contributed by atoms with Crippen LogP contribution in [0.25, 0.3) is 0 Å². The molecule has 1 rings (SSSR count). The molecule has 0 aliphatic carbocycles. The van der Waals surface area contributed by atoms with Crippen LogP contribution in [-0.2, 0) is 4.79 Å². The van der Waals surface area contributed by atoms with Crippen LogP contribution in [0.15, 0.2) is 24.3 Å². The Morgan fingerprint density at radius 2 is 2.11 bits per heavy atom.